The lowest BCUT2D eigenvalue weighted by molar-refractivity contribution is -0.140. The molecule has 4 rings (SSSR count). The quantitative estimate of drug-likeness (QED) is 0.376. The highest BCUT2D eigenvalue weighted by atomic mass is 19.4. The van der Waals surface area contributed by atoms with Crippen molar-refractivity contribution in [1.29, 1.82) is 0 Å². The van der Waals surface area contributed by atoms with Crippen molar-refractivity contribution in [1.82, 2.24) is 14.9 Å². The summed E-state index contributed by atoms with van der Waals surface area (Å²) in [7, 11) is 0. The fraction of sp³-hybridized carbons (Fsp3) is 0.130. The van der Waals surface area contributed by atoms with Gasteiger partial charge < -0.3 is 10.0 Å². The minimum atomic E-state index is -4.55. The fourth-order valence-electron chi connectivity index (χ4n) is 3.64. The molecule has 0 spiro atoms. The van der Waals surface area contributed by atoms with Crippen molar-refractivity contribution in [3.05, 3.63) is 101 Å². The summed E-state index contributed by atoms with van der Waals surface area (Å²) in [6.07, 6.45) is 1.23. The second-order valence-corrected chi connectivity index (χ2v) is 7.14. The van der Waals surface area contributed by atoms with Crippen molar-refractivity contribution in [3.8, 4) is 0 Å². The molecule has 1 atom stereocenters. The van der Waals surface area contributed by atoms with E-state index in [0.29, 0.717) is 5.56 Å². The Kier molecular flexibility index (Phi) is 5.48. The molecule has 1 aliphatic rings. The van der Waals surface area contributed by atoms with E-state index in [-0.39, 0.29) is 29.0 Å². The number of rotatable bonds is 4. The van der Waals surface area contributed by atoms with Gasteiger partial charge in [0, 0.05) is 36.9 Å². The van der Waals surface area contributed by atoms with Gasteiger partial charge in [-0.3, -0.25) is 19.6 Å². The van der Waals surface area contributed by atoms with Crippen molar-refractivity contribution < 1.29 is 27.9 Å². The summed E-state index contributed by atoms with van der Waals surface area (Å²) >= 11 is 0. The maximum absolute atomic E-state index is 13.1. The number of aromatic nitrogens is 2. The Morgan fingerprint density at radius 2 is 1.59 bits per heavy atom. The number of aliphatic hydroxyl groups is 1. The molecule has 1 unspecified atom stereocenters. The van der Waals surface area contributed by atoms with Crippen molar-refractivity contribution >= 4 is 17.4 Å². The zero-order valence-electron chi connectivity index (χ0n) is 16.5. The van der Waals surface area contributed by atoms with Crippen LogP contribution in [-0.4, -0.2) is 31.7 Å². The van der Waals surface area contributed by atoms with Gasteiger partial charge in [-0.25, -0.2) is 0 Å². The third-order valence-corrected chi connectivity index (χ3v) is 5.12. The number of nitrogens with zero attached hydrogens (tertiary/aromatic N) is 3. The van der Waals surface area contributed by atoms with Gasteiger partial charge >= 0.3 is 6.18 Å². The standard InChI is InChI=1S/C23H16F3N3O3/c24-23(25,26)17-3-1-2-14(12-17)13-29-19(15-4-8-27-9-5-15)18(21(31)22(29)32)20(30)16-6-10-28-11-7-16/h1-12,19,30H,13H2/b20-18+. The van der Waals surface area contributed by atoms with Crippen LogP contribution in [0.1, 0.15) is 28.3 Å². The molecule has 3 aromatic rings. The van der Waals surface area contributed by atoms with E-state index >= 15 is 0 Å². The van der Waals surface area contributed by atoms with Gasteiger partial charge in [0.2, 0.25) is 0 Å². The maximum atomic E-state index is 13.1. The average molecular weight is 439 g/mol. The first-order valence-electron chi connectivity index (χ1n) is 9.52. The zero-order chi connectivity index (χ0) is 22.9. The number of carbonyl (C=O) groups is 2. The second-order valence-electron chi connectivity index (χ2n) is 7.14. The highest BCUT2D eigenvalue weighted by Gasteiger charge is 2.46. The van der Waals surface area contributed by atoms with E-state index in [4.69, 9.17) is 0 Å². The van der Waals surface area contributed by atoms with E-state index in [1.807, 2.05) is 0 Å². The molecule has 1 aliphatic heterocycles. The molecule has 162 valence electrons. The van der Waals surface area contributed by atoms with Crippen LogP contribution in [-0.2, 0) is 22.3 Å². The van der Waals surface area contributed by atoms with Crippen LogP contribution >= 0.6 is 0 Å². The van der Waals surface area contributed by atoms with E-state index in [0.717, 1.165) is 17.0 Å². The molecule has 0 radical (unpaired) electrons. The van der Waals surface area contributed by atoms with Crippen LogP contribution in [0.4, 0.5) is 13.2 Å². The number of alkyl halides is 3. The Morgan fingerprint density at radius 1 is 0.969 bits per heavy atom. The zero-order valence-corrected chi connectivity index (χ0v) is 16.5. The smallest absolute Gasteiger partial charge is 0.416 e. The number of likely N-dealkylation sites (tertiary alicyclic amines) is 1. The summed E-state index contributed by atoms with van der Waals surface area (Å²) in [5, 5.41) is 10.9. The molecule has 1 saturated heterocycles. The number of pyridine rings is 2. The van der Waals surface area contributed by atoms with Crippen LogP contribution in [0.2, 0.25) is 0 Å². The maximum Gasteiger partial charge on any atom is 0.416 e. The summed E-state index contributed by atoms with van der Waals surface area (Å²) in [6.45, 7) is -0.255. The van der Waals surface area contributed by atoms with Crippen LogP contribution in [0.15, 0.2) is 78.9 Å². The van der Waals surface area contributed by atoms with Crippen LogP contribution in [0, 0.1) is 0 Å². The van der Waals surface area contributed by atoms with E-state index < -0.39 is 29.5 Å². The molecule has 2 aromatic heterocycles. The molecule has 6 nitrogen and oxygen atoms in total. The van der Waals surface area contributed by atoms with E-state index in [1.54, 1.807) is 12.1 Å². The number of hydrogen-bond donors (Lipinski definition) is 1. The molecule has 1 N–H and O–H groups in total. The molecular weight excluding hydrogens is 423 g/mol. The van der Waals surface area contributed by atoms with Crippen LogP contribution in [0.3, 0.4) is 0 Å². The number of benzene rings is 1. The molecule has 1 aromatic carbocycles. The van der Waals surface area contributed by atoms with E-state index in [1.165, 1.54) is 49.1 Å². The first kappa shape index (κ1) is 21.2. The molecule has 9 heteroatoms. The van der Waals surface area contributed by atoms with Gasteiger partial charge in [0.15, 0.2) is 0 Å². The fourth-order valence-corrected chi connectivity index (χ4v) is 3.64. The third-order valence-electron chi connectivity index (χ3n) is 5.12. The molecule has 0 aliphatic carbocycles. The summed E-state index contributed by atoms with van der Waals surface area (Å²) in [6, 6.07) is 9.69. The van der Waals surface area contributed by atoms with Gasteiger partial charge in [-0.2, -0.15) is 13.2 Å². The molecule has 3 heterocycles. The lowest BCUT2D eigenvalue weighted by Crippen LogP contribution is -2.29. The molecule has 32 heavy (non-hydrogen) atoms. The molecular formula is C23H16F3N3O3. The summed E-state index contributed by atoms with van der Waals surface area (Å²) in [5.41, 5.74) is -0.0363. The first-order valence-corrected chi connectivity index (χ1v) is 9.52. The minimum absolute atomic E-state index is 0.153. The normalized spacial score (nSPS) is 18.2. The van der Waals surface area contributed by atoms with Gasteiger partial charge in [0.1, 0.15) is 5.76 Å². The van der Waals surface area contributed by atoms with Gasteiger partial charge in [0.25, 0.3) is 11.7 Å². The summed E-state index contributed by atoms with van der Waals surface area (Å²) < 4.78 is 39.4. The topological polar surface area (TPSA) is 83.4 Å². The Bertz CT molecular complexity index is 1200. The monoisotopic (exact) mass is 439 g/mol. The summed E-state index contributed by atoms with van der Waals surface area (Å²) in [4.78, 5) is 34.8. The number of aliphatic hydroxyl groups excluding tert-OH is 1. The number of hydrogen-bond acceptors (Lipinski definition) is 5. The number of amides is 1. The predicted octanol–water partition coefficient (Wildman–Crippen LogP) is 4.12. The third kappa shape index (κ3) is 3.96. The highest BCUT2D eigenvalue weighted by molar-refractivity contribution is 6.46. The number of carbonyl (C=O) groups excluding carboxylic acids is 2. The van der Waals surface area contributed by atoms with E-state index in [9.17, 15) is 27.9 Å². The van der Waals surface area contributed by atoms with Crippen LogP contribution < -0.4 is 0 Å². The Hall–Kier alpha value is -4.01. The van der Waals surface area contributed by atoms with Gasteiger partial charge in [0.05, 0.1) is 17.2 Å². The van der Waals surface area contributed by atoms with Gasteiger partial charge in [-0.1, -0.05) is 12.1 Å². The second kappa shape index (κ2) is 8.26. The molecule has 1 amide bonds. The Morgan fingerprint density at radius 3 is 2.22 bits per heavy atom. The van der Waals surface area contributed by atoms with E-state index in [2.05, 4.69) is 9.97 Å². The average Bonchev–Trinajstić information content (AvgIpc) is 3.04. The highest BCUT2D eigenvalue weighted by Crippen LogP contribution is 2.40. The van der Waals surface area contributed by atoms with Crippen LogP contribution in [0.25, 0.3) is 5.76 Å². The molecule has 0 saturated carbocycles. The minimum Gasteiger partial charge on any atom is -0.507 e. The van der Waals surface area contributed by atoms with Crippen molar-refractivity contribution in [3.63, 3.8) is 0 Å². The molecule has 1 fully saturated rings. The SMILES string of the molecule is O=C1C(=O)N(Cc2cccc(C(F)(F)F)c2)C(c2ccncc2)/C1=C(\O)c1ccncc1. The largest absolute Gasteiger partial charge is 0.507 e. The summed E-state index contributed by atoms with van der Waals surface area (Å²) in [5.74, 6) is -2.23. The first-order chi connectivity index (χ1) is 15.3. The number of halogens is 3. The lowest BCUT2D eigenvalue weighted by atomic mass is 9.96. The van der Waals surface area contributed by atoms with Crippen molar-refractivity contribution in [2.24, 2.45) is 0 Å². The van der Waals surface area contributed by atoms with Gasteiger partial charge in [-0.15, -0.1) is 0 Å². The van der Waals surface area contributed by atoms with Crippen molar-refractivity contribution in [2.75, 3.05) is 0 Å². The Labute approximate surface area is 180 Å². The number of ketones is 1. The number of Topliss-reactive ketones (excluding diaryl/α,β-unsaturated/α-hetero) is 1. The Balaban J connectivity index is 1.82. The molecule has 0 bridgehead atoms. The predicted molar refractivity (Wildman–Crippen MR) is 108 cm³/mol. The van der Waals surface area contributed by atoms with Crippen LogP contribution in [0.5, 0.6) is 0 Å². The van der Waals surface area contributed by atoms with Gasteiger partial charge in [-0.05, 0) is 47.5 Å². The lowest BCUT2D eigenvalue weighted by Gasteiger charge is -2.25. The van der Waals surface area contributed by atoms with Crippen molar-refractivity contribution in [2.45, 2.75) is 18.8 Å².